The van der Waals surface area contributed by atoms with Gasteiger partial charge in [0.25, 0.3) is 0 Å². The number of hydrogen-bond acceptors (Lipinski definition) is 4. The summed E-state index contributed by atoms with van der Waals surface area (Å²) >= 11 is 1.31. The molecule has 20 heavy (non-hydrogen) atoms. The fraction of sp³-hybridized carbons (Fsp3) is 0.429. The summed E-state index contributed by atoms with van der Waals surface area (Å²) in [6.45, 7) is 6.23. The minimum Gasteiger partial charge on any atom is -0.369 e. The third-order valence-electron chi connectivity index (χ3n) is 2.31. The van der Waals surface area contributed by atoms with Crippen molar-refractivity contribution in [2.45, 2.75) is 31.2 Å². The third-order valence-corrected chi connectivity index (χ3v) is 3.41. The van der Waals surface area contributed by atoms with Crippen molar-refractivity contribution in [3.63, 3.8) is 0 Å². The van der Waals surface area contributed by atoms with Gasteiger partial charge in [0, 0.05) is 10.4 Å². The SMILES string of the molecule is CC(C)(C)NCC(=O)Nc1ccccc1SCC(N)=O. The van der Waals surface area contributed by atoms with Crippen LogP contribution in [0.3, 0.4) is 0 Å². The molecule has 2 amide bonds. The molecule has 0 radical (unpaired) electrons. The Kier molecular flexibility index (Phi) is 6.04. The van der Waals surface area contributed by atoms with Gasteiger partial charge in [0.2, 0.25) is 11.8 Å². The van der Waals surface area contributed by atoms with Crippen LogP contribution >= 0.6 is 11.8 Å². The molecular weight excluding hydrogens is 274 g/mol. The molecule has 5 nitrogen and oxygen atoms in total. The molecule has 0 aromatic heterocycles. The molecule has 0 fully saturated rings. The monoisotopic (exact) mass is 295 g/mol. The average Bonchev–Trinajstić information content (AvgIpc) is 2.34. The van der Waals surface area contributed by atoms with E-state index < -0.39 is 0 Å². The van der Waals surface area contributed by atoms with Gasteiger partial charge in [-0.15, -0.1) is 11.8 Å². The number of thioether (sulfide) groups is 1. The predicted molar refractivity (Wildman–Crippen MR) is 82.7 cm³/mol. The lowest BCUT2D eigenvalue weighted by Crippen LogP contribution is -2.41. The van der Waals surface area contributed by atoms with Gasteiger partial charge >= 0.3 is 0 Å². The Labute approximate surface area is 123 Å². The smallest absolute Gasteiger partial charge is 0.238 e. The summed E-state index contributed by atoms with van der Waals surface area (Å²) in [4.78, 5) is 23.5. The zero-order valence-corrected chi connectivity index (χ0v) is 12.8. The van der Waals surface area contributed by atoms with E-state index in [1.807, 2.05) is 39.0 Å². The Bertz CT molecular complexity index is 484. The number of anilines is 1. The number of carbonyl (C=O) groups excluding carboxylic acids is 2. The van der Waals surface area contributed by atoms with Gasteiger partial charge in [0.1, 0.15) is 0 Å². The van der Waals surface area contributed by atoms with E-state index in [2.05, 4.69) is 10.6 Å². The van der Waals surface area contributed by atoms with E-state index in [1.165, 1.54) is 11.8 Å². The molecule has 4 N–H and O–H groups in total. The van der Waals surface area contributed by atoms with Gasteiger partial charge < -0.3 is 16.4 Å². The standard InChI is InChI=1S/C14H21N3O2S/c1-14(2,3)16-8-13(19)17-10-6-4-5-7-11(10)20-9-12(15)18/h4-7,16H,8-9H2,1-3H3,(H2,15,18)(H,17,19). The van der Waals surface area contributed by atoms with E-state index in [0.717, 1.165) is 4.90 Å². The third kappa shape index (κ3) is 6.58. The van der Waals surface area contributed by atoms with Crippen LogP contribution in [0.25, 0.3) is 0 Å². The van der Waals surface area contributed by atoms with Gasteiger partial charge in [-0.3, -0.25) is 9.59 Å². The molecule has 0 aliphatic heterocycles. The van der Waals surface area contributed by atoms with E-state index in [0.29, 0.717) is 5.69 Å². The first kappa shape index (κ1) is 16.5. The lowest BCUT2D eigenvalue weighted by molar-refractivity contribution is -0.116. The highest BCUT2D eigenvalue weighted by Gasteiger charge is 2.12. The van der Waals surface area contributed by atoms with E-state index in [4.69, 9.17) is 5.73 Å². The molecule has 0 aliphatic rings. The van der Waals surface area contributed by atoms with Crippen LogP contribution in [0.15, 0.2) is 29.2 Å². The molecule has 0 spiro atoms. The molecular formula is C14H21N3O2S. The Balaban J connectivity index is 2.62. The number of para-hydroxylation sites is 1. The van der Waals surface area contributed by atoms with Crippen LogP contribution < -0.4 is 16.4 Å². The molecule has 0 saturated heterocycles. The summed E-state index contributed by atoms with van der Waals surface area (Å²) in [5.74, 6) is -0.315. The van der Waals surface area contributed by atoms with Gasteiger partial charge in [0.15, 0.2) is 0 Å². The first-order valence-corrected chi connectivity index (χ1v) is 7.31. The molecule has 0 aliphatic carbocycles. The van der Waals surface area contributed by atoms with Crippen LogP contribution in [0, 0.1) is 0 Å². The van der Waals surface area contributed by atoms with Crippen molar-refractivity contribution >= 4 is 29.3 Å². The van der Waals surface area contributed by atoms with Crippen molar-refractivity contribution in [2.24, 2.45) is 5.73 Å². The molecule has 1 rings (SSSR count). The van der Waals surface area contributed by atoms with E-state index >= 15 is 0 Å². The van der Waals surface area contributed by atoms with Crippen LogP contribution in [-0.2, 0) is 9.59 Å². The lowest BCUT2D eigenvalue weighted by Gasteiger charge is -2.20. The average molecular weight is 295 g/mol. The van der Waals surface area contributed by atoms with Crippen LogP contribution in [0.2, 0.25) is 0 Å². The minimum absolute atomic E-state index is 0.114. The maximum Gasteiger partial charge on any atom is 0.238 e. The molecule has 6 heteroatoms. The Hall–Kier alpha value is -1.53. The number of amides is 2. The number of primary amides is 1. The molecule has 0 saturated carbocycles. The second-order valence-electron chi connectivity index (χ2n) is 5.40. The van der Waals surface area contributed by atoms with Gasteiger partial charge in [-0.2, -0.15) is 0 Å². The number of hydrogen-bond donors (Lipinski definition) is 3. The molecule has 1 aromatic carbocycles. The summed E-state index contributed by atoms with van der Waals surface area (Å²) in [6.07, 6.45) is 0. The van der Waals surface area contributed by atoms with Crippen molar-refractivity contribution in [1.29, 1.82) is 0 Å². The fourth-order valence-corrected chi connectivity index (χ4v) is 2.13. The van der Waals surface area contributed by atoms with Crippen molar-refractivity contribution in [3.05, 3.63) is 24.3 Å². The highest BCUT2D eigenvalue weighted by Crippen LogP contribution is 2.26. The maximum absolute atomic E-state index is 11.9. The maximum atomic E-state index is 11.9. The first-order valence-electron chi connectivity index (χ1n) is 6.33. The van der Waals surface area contributed by atoms with E-state index in [9.17, 15) is 9.59 Å². The zero-order valence-electron chi connectivity index (χ0n) is 12.0. The quantitative estimate of drug-likeness (QED) is 0.696. The van der Waals surface area contributed by atoms with Gasteiger partial charge in [-0.1, -0.05) is 12.1 Å². The Morgan fingerprint density at radius 2 is 1.90 bits per heavy atom. The highest BCUT2D eigenvalue weighted by atomic mass is 32.2. The van der Waals surface area contributed by atoms with Crippen LogP contribution in [0.5, 0.6) is 0 Å². The van der Waals surface area contributed by atoms with Crippen LogP contribution in [0.4, 0.5) is 5.69 Å². The number of benzene rings is 1. The Morgan fingerprint density at radius 3 is 2.50 bits per heavy atom. The molecule has 0 heterocycles. The second-order valence-corrected chi connectivity index (χ2v) is 6.42. The van der Waals surface area contributed by atoms with E-state index in [1.54, 1.807) is 6.07 Å². The zero-order chi connectivity index (χ0) is 15.2. The van der Waals surface area contributed by atoms with Crippen molar-refractivity contribution in [3.8, 4) is 0 Å². The van der Waals surface area contributed by atoms with E-state index in [-0.39, 0.29) is 29.7 Å². The summed E-state index contributed by atoms with van der Waals surface area (Å²) in [5, 5.41) is 5.95. The number of nitrogens with one attached hydrogen (secondary N) is 2. The molecule has 110 valence electrons. The van der Waals surface area contributed by atoms with Crippen LogP contribution in [-0.4, -0.2) is 29.7 Å². The first-order chi connectivity index (χ1) is 9.28. The second kappa shape index (κ2) is 7.31. The molecule has 0 bridgehead atoms. The summed E-state index contributed by atoms with van der Waals surface area (Å²) in [6, 6.07) is 7.34. The highest BCUT2D eigenvalue weighted by molar-refractivity contribution is 8.00. The normalized spacial score (nSPS) is 11.2. The lowest BCUT2D eigenvalue weighted by atomic mass is 10.1. The van der Waals surface area contributed by atoms with Gasteiger partial charge in [-0.25, -0.2) is 0 Å². The molecule has 0 atom stereocenters. The molecule has 1 aromatic rings. The fourth-order valence-electron chi connectivity index (χ4n) is 1.38. The van der Waals surface area contributed by atoms with Crippen molar-refractivity contribution in [1.82, 2.24) is 5.32 Å². The number of rotatable bonds is 6. The van der Waals surface area contributed by atoms with Crippen molar-refractivity contribution < 1.29 is 9.59 Å². The summed E-state index contributed by atoms with van der Waals surface area (Å²) in [5.41, 5.74) is 5.71. The number of carbonyl (C=O) groups is 2. The largest absolute Gasteiger partial charge is 0.369 e. The predicted octanol–water partition coefficient (Wildman–Crippen LogP) is 1.59. The Morgan fingerprint density at radius 1 is 1.25 bits per heavy atom. The summed E-state index contributed by atoms with van der Waals surface area (Å²) < 4.78 is 0. The summed E-state index contributed by atoms with van der Waals surface area (Å²) in [7, 11) is 0. The van der Waals surface area contributed by atoms with Crippen LogP contribution in [0.1, 0.15) is 20.8 Å². The molecule has 0 unspecified atom stereocenters. The number of nitrogens with two attached hydrogens (primary N) is 1. The topological polar surface area (TPSA) is 84.2 Å². The van der Waals surface area contributed by atoms with Gasteiger partial charge in [-0.05, 0) is 32.9 Å². The van der Waals surface area contributed by atoms with Gasteiger partial charge in [0.05, 0.1) is 18.0 Å². The van der Waals surface area contributed by atoms with Crippen molar-refractivity contribution in [2.75, 3.05) is 17.6 Å². The minimum atomic E-state index is -0.384.